The number of thioether (sulfide) groups is 1. The van der Waals surface area contributed by atoms with Crippen LogP contribution in [0, 0.1) is 6.92 Å². The highest BCUT2D eigenvalue weighted by Gasteiger charge is 2.13. The summed E-state index contributed by atoms with van der Waals surface area (Å²) in [4.78, 5) is 14.5. The predicted octanol–water partition coefficient (Wildman–Crippen LogP) is 4.95. The van der Waals surface area contributed by atoms with Gasteiger partial charge in [-0.1, -0.05) is 47.7 Å². The van der Waals surface area contributed by atoms with E-state index in [0.717, 1.165) is 34.0 Å². The number of halogens is 1. The van der Waals surface area contributed by atoms with Crippen LogP contribution in [0.25, 0.3) is 0 Å². The number of carbonyl (C=O) groups excluding carboxylic acids is 1. The minimum absolute atomic E-state index is 0.356. The van der Waals surface area contributed by atoms with E-state index in [1.54, 1.807) is 0 Å². The first-order chi connectivity index (χ1) is 10.6. The number of aryl methyl sites for hydroxylation is 1. The number of hydrogen-bond acceptors (Lipinski definition) is 2. The van der Waals surface area contributed by atoms with Crippen LogP contribution in [0.3, 0.4) is 0 Å². The maximum Gasteiger partial charge on any atom is 0.254 e. The van der Waals surface area contributed by atoms with Crippen molar-refractivity contribution in [2.75, 3.05) is 11.4 Å². The fourth-order valence-electron chi connectivity index (χ4n) is 2.00. The van der Waals surface area contributed by atoms with Crippen molar-refractivity contribution in [3.63, 3.8) is 0 Å². The van der Waals surface area contributed by atoms with Crippen molar-refractivity contribution in [3.8, 4) is 0 Å². The number of para-hydroxylation sites is 1. The molecule has 0 N–H and O–H groups in total. The van der Waals surface area contributed by atoms with Gasteiger partial charge in [0.25, 0.3) is 5.91 Å². The van der Waals surface area contributed by atoms with E-state index in [9.17, 15) is 9.18 Å². The van der Waals surface area contributed by atoms with E-state index >= 15 is 0 Å². The summed E-state index contributed by atoms with van der Waals surface area (Å²) in [5.74, 6) is -0.356. The van der Waals surface area contributed by atoms with Gasteiger partial charge >= 0.3 is 0 Å². The second-order valence-electron chi connectivity index (χ2n) is 4.78. The number of benzene rings is 2. The summed E-state index contributed by atoms with van der Waals surface area (Å²) in [6, 6.07) is 16.8. The first-order valence-electron chi connectivity index (χ1n) is 7.08. The molecule has 114 valence electrons. The fourth-order valence-corrected chi connectivity index (χ4v) is 2.65. The van der Waals surface area contributed by atoms with Crippen molar-refractivity contribution in [3.05, 3.63) is 71.4 Å². The fraction of sp³-hybridized carbons (Fsp3) is 0.167. The number of hydrogen-bond donors (Lipinski definition) is 0. The first kappa shape index (κ1) is 16.3. The smallest absolute Gasteiger partial charge is 0.254 e. The monoisotopic (exact) mass is 315 g/mol. The van der Waals surface area contributed by atoms with E-state index in [1.807, 2.05) is 68.4 Å². The maximum absolute atomic E-state index is 14.0. The quantitative estimate of drug-likeness (QED) is 0.574. The molecule has 0 fully saturated rings. The van der Waals surface area contributed by atoms with Crippen LogP contribution < -0.4 is 4.90 Å². The molecule has 1 amide bonds. The van der Waals surface area contributed by atoms with Crippen LogP contribution in [0.1, 0.15) is 12.5 Å². The minimum Gasteiger partial charge on any atom is -0.309 e. The van der Waals surface area contributed by atoms with Gasteiger partial charge in [0.2, 0.25) is 0 Å². The van der Waals surface area contributed by atoms with Crippen molar-refractivity contribution in [1.29, 1.82) is 0 Å². The van der Waals surface area contributed by atoms with E-state index < -0.39 is 5.16 Å². The zero-order valence-corrected chi connectivity index (χ0v) is 13.4. The molecule has 2 rings (SSSR count). The molecular weight excluding hydrogens is 297 g/mol. The van der Waals surface area contributed by atoms with E-state index in [-0.39, 0.29) is 5.91 Å². The lowest BCUT2D eigenvalue weighted by Crippen LogP contribution is -2.28. The molecule has 0 saturated carbocycles. The number of likely N-dealkylation sites (N-methyl/N-ethyl adjacent to an activating group) is 1. The molecule has 0 aromatic heterocycles. The second-order valence-corrected chi connectivity index (χ2v) is 5.85. The van der Waals surface area contributed by atoms with Crippen LogP contribution in [-0.2, 0) is 4.79 Å². The van der Waals surface area contributed by atoms with Gasteiger partial charge in [-0.05, 0) is 38.1 Å². The van der Waals surface area contributed by atoms with Crippen LogP contribution in [0.4, 0.5) is 10.1 Å². The van der Waals surface area contributed by atoms with Crippen LogP contribution in [0.15, 0.2) is 70.7 Å². The molecule has 0 unspecified atom stereocenters. The zero-order valence-electron chi connectivity index (χ0n) is 12.6. The summed E-state index contributed by atoms with van der Waals surface area (Å²) in [5, 5.41) is -0.511. The number of rotatable bonds is 5. The van der Waals surface area contributed by atoms with Gasteiger partial charge in [0, 0.05) is 23.2 Å². The molecule has 22 heavy (non-hydrogen) atoms. The lowest BCUT2D eigenvalue weighted by molar-refractivity contribution is -0.114. The number of nitrogens with zero attached hydrogens (tertiary/aromatic N) is 1. The summed E-state index contributed by atoms with van der Waals surface area (Å²) < 4.78 is 14.0. The van der Waals surface area contributed by atoms with Gasteiger partial charge < -0.3 is 4.90 Å². The van der Waals surface area contributed by atoms with E-state index in [2.05, 4.69) is 0 Å². The predicted molar refractivity (Wildman–Crippen MR) is 90.7 cm³/mol. The van der Waals surface area contributed by atoms with Crippen LogP contribution >= 0.6 is 11.8 Å². The summed E-state index contributed by atoms with van der Waals surface area (Å²) in [6.45, 7) is 4.33. The standard InChI is InChI=1S/C18H18FNOS/c1-3-20(15-7-5-4-6-8-15)18(21)13-17(19)22-16-11-9-14(2)10-12-16/h4-13H,3H2,1-2H3/b17-13-. The van der Waals surface area contributed by atoms with Crippen molar-refractivity contribution >= 4 is 23.4 Å². The van der Waals surface area contributed by atoms with Crippen molar-refractivity contribution in [2.45, 2.75) is 18.7 Å². The summed E-state index contributed by atoms with van der Waals surface area (Å²) in [5.41, 5.74) is 1.88. The van der Waals surface area contributed by atoms with Gasteiger partial charge in [-0.25, -0.2) is 0 Å². The van der Waals surface area contributed by atoms with Crippen molar-refractivity contribution in [1.82, 2.24) is 0 Å². The Bertz CT molecular complexity index is 653. The van der Waals surface area contributed by atoms with Crippen LogP contribution in [0.2, 0.25) is 0 Å². The molecule has 4 heteroatoms. The lowest BCUT2D eigenvalue weighted by atomic mass is 10.2. The average molecular weight is 315 g/mol. The van der Waals surface area contributed by atoms with Crippen LogP contribution in [-0.4, -0.2) is 12.5 Å². The molecule has 0 heterocycles. The Kier molecular flexibility index (Phi) is 5.78. The second kappa shape index (κ2) is 7.80. The Hall–Kier alpha value is -2.07. The average Bonchev–Trinajstić information content (AvgIpc) is 2.51. The van der Waals surface area contributed by atoms with Gasteiger partial charge in [0.05, 0.1) is 0 Å². The summed E-state index contributed by atoms with van der Waals surface area (Å²) in [6.07, 6.45) is 1.04. The third kappa shape index (κ3) is 4.46. The largest absolute Gasteiger partial charge is 0.309 e. The van der Waals surface area contributed by atoms with Gasteiger partial charge in [-0.15, -0.1) is 0 Å². The molecule has 0 radical (unpaired) electrons. The molecule has 2 aromatic rings. The molecular formula is C18H18FNOS. The lowest BCUT2D eigenvalue weighted by Gasteiger charge is -2.19. The summed E-state index contributed by atoms with van der Waals surface area (Å²) in [7, 11) is 0. The zero-order chi connectivity index (χ0) is 15.9. The number of anilines is 1. The molecule has 2 nitrogen and oxygen atoms in total. The molecule has 0 spiro atoms. The highest BCUT2D eigenvalue weighted by Crippen LogP contribution is 2.28. The van der Waals surface area contributed by atoms with Gasteiger partial charge in [-0.3, -0.25) is 4.79 Å². The SMILES string of the molecule is CCN(C(=O)/C=C(/F)Sc1ccc(C)cc1)c1ccccc1. The van der Waals surface area contributed by atoms with Crippen molar-refractivity contribution < 1.29 is 9.18 Å². The molecule has 0 aliphatic carbocycles. The van der Waals surface area contributed by atoms with E-state index in [1.165, 1.54) is 4.90 Å². The Morgan fingerprint density at radius 1 is 1.14 bits per heavy atom. The number of amides is 1. The van der Waals surface area contributed by atoms with E-state index in [4.69, 9.17) is 0 Å². The van der Waals surface area contributed by atoms with Crippen molar-refractivity contribution in [2.24, 2.45) is 0 Å². The topological polar surface area (TPSA) is 20.3 Å². The Labute approximate surface area is 134 Å². The first-order valence-corrected chi connectivity index (χ1v) is 7.90. The van der Waals surface area contributed by atoms with Gasteiger partial charge in [-0.2, -0.15) is 4.39 Å². The molecule has 2 aromatic carbocycles. The normalized spacial score (nSPS) is 11.3. The Morgan fingerprint density at radius 2 is 1.77 bits per heavy atom. The highest BCUT2D eigenvalue weighted by molar-refractivity contribution is 8.02. The maximum atomic E-state index is 14.0. The Balaban J connectivity index is 2.09. The third-order valence-corrected chi connectivity index (χ3v) is 3.94. The minimum atomic E-state index is -0.511. The van der Waals surface area contributed by atoms with Crippen LogP contribution in [0.5, 0.6) is 0 Å². The third-order valence-electron chi connectivity index (χ3n) is 3.12. The summed E-state index contributed by atoms with van der Waals surface area (Å²) >= 11 is 0.951. The molecule has 0 atom stereocenters. The molecule has 0 saturated heterocycles. The highest BCUT2D eigenvalue weighted by atomic mass is 32.2. The number of carbonyl (C=O) groups is 1. The Morgan fingerprint density at radius 3 is 2.36 bits per heavy atom. The van der Waals surface area contributed by atoms with Gasteiger partial charge in [0.15, 0.2) is 5.16 Å². The molecule has 0 aliphatic rings. The van der Waals surface area contributed by atoms with Gasteiger partial charge in [0.1, 0.15) is 0 Å². The molecule has 0 aliphatic heterocycles. The van der Waals surface area contributed by atoms with E-state index in [0.29, 0.717) is 6.54 Å². The molecule has 0 bridgehead atoms.